The van der Waals surface area contributed by atoms with Gasteiger partial charge in [0.05, 0.1) is 19.6 Å². The number of nitrogens with zero attached hydrogens (tertiary/aromatic N) is 1. The van der Waals surface area contributed by atoms with Gasteiger partial charge in [0.2, 0.25) is 5.91 Å². The fraction of sp³-hybridized carbons (Fsp3) is 0.529. The number of β-amino-alcohol motifs (C(OH)–C–C–N with tert-alkyl or cyclic N) is 1. The zero-order valence-corrected chi connectivity index (χ0v) is 13.5. The van der Waals surface area contributed by atoms with Crippen LogP contribution in [0.15, 0.2) is 12.1 Å². The van der Waals surface area contributed by atoms with E-state index in [0.29, 0.717) is 0 Å². The molecule has 0 saturated carbocycles. The molecule has 120 valence electrons. The zero-order chi connectivity index (χ0) is 16.4. The third-order valence-electron chi connectivity index (χ3n) is 4.24. The summed E-state index contributed by atoms with van der Waals surface area (Å²) in [5.74, 6) is -0.621. The standard InChI is InChI=1S/C17H23NO4/c1-10-5-11(2)14(12(3)6-10)8-16(20)18-9-13(19)7-15(18)17(21)22-4/h5-6,13,15,19H,7-9H2,1-4H3. The molecule has 1 heterocycles. The fourth-order valence-corrected chi connectivity index (χ4v) is 3.19. The van der Waals surface area contributed by atoms with Crippen LogP contribution in [0.3, 0.4) is 0 Å². The van der Waals surface area contributed by atoms with Crippen molar-refractivity contribution in [1.82, 2.24) is 4.90 Å². The van der Waals surface area contributed by atoms with Crippen molar-refractivity contribution >= 4 is 11.9 Å². The first-order chi connectivity index (χ1) is 10.3. The van der Waals surface area contributed by atoms with E-state index in [1.807, 2.05) is 32.9 Å². The Morgan fingerprint density at radius 2 is 1.86 bits per heavy atom. The Kier molecular flexibility index (Phi) is 4.86. The number of rotatable bonds is 3. The number of methoxy groups -OCH3 is 1. The lowest BCUT2D eigenvalue weighted by molar-refractivity contribution is -0.150. The van der Waals surface area contributed by atoms with E-state index < -0.39 is 18.1 Å². The number of aliphatic hydroxyl groups excluding tert-OH is 1. The Morgan fingerprint density at radius 3 is 2.41 bits per heavy atom. The average molecular weight is 305 g/mol. The van der Waals surface area contributed by atoms with E-state index in [0.717, 1.165) is 22.3 Å². The summed E-state index contributed by atoms with van der Waals surface area (Å²) < 4.78 is 4.73. The second-order valence-electron chi connectivity index (χ2n) is 6.03. The molecule has 1 aliphatic rings. The maximum Gasteiger partial charge on any atom is 0.328 e. The van der Waals surface area contributed by atoms with Gasteiger partial charge in [-0.3, -0.25) is 4.79 Å². The molecule has 2 unspecified atom stereocenters. The molecule has 0 radical (unpaired) electrons. The van der Waals surface area contributed by atoms with Crippen LogP contribution in [0.25, 0.3) is 0 Å². The Labute approximate surface area is 130 Å². The molecule has 2 rings (SSSR count). The molecule has 0 aromatic heterocycles. The lowest BCUT2D eigenvalue weighted by Gasteiger charge is -2.23. The van der Waals surface area contributed by atoms with Crippen molar-refractivity contribution in [3.63, 3.8) is 0 Å². The second kappa shape index (κ2) is 6.48. The van der Waals surface area contributed by atoms with Gasteiger partial charge in [-0.25, -0.2) is 4.79 Å². The van der Waals surface area contributed by atoms with Gasteiger partial charge in [-0.05, 0) is 37.5 Å². The number of aliphatic hydroxyl groups is 1. The molecule has 1 amide bonds. The van der Waals surface area contributed by atoms with Gasteiger partial charge in [0.25, 0.3) is 0 Å². The molecule has 5 heteroatoms. The van der Waals surface area contributed by atoms with Crippen molar-refractivity contribution in [1.29, 1.82) is 0 Å². The minimum absolute atomic E-state index is 0.151. The van der Waals surface area contributed by atoms with E-state index in [1.54, 1.807) is 0 Å². The number of esters is 1. The van der Waals surface area contributed by atoms with E-state index >= 15 is 0 Å². The highest BCUT2D eigenvalue weighted by Crippen LogP contribution is 2.23. The lowest BCUT2D eigenvalue weighted by Crippen LogP contribution is -2.42. The number of ether oxygens (including phenoxy) is 1. The SMILES string of the molecule is COC(=O)C1CC(O)CN1C(=O)Cc1c(C)cc(C)cc1C. The molecular formula is C17H23NO4. The third-order valence-corrected chi connectivity index (χ3v) is 4.24. The van der Waals surface area contributed by atoms with Crippen LogP contribution in [0.1, 0.15) is 28.7 Å². The van der Waals surface area contributed by atoms with E-state index in [2.05, 4.69) is 0 Å². The number of amides is 1. The molecule has 22 heavy (non-hydrogen) atoms. The van der Waals surface area contributed by atoms with Gasteiger partial charge in [-0.2, -0.15) is 0 Å². The van der Waals surface area contributed by atoms with Crippen molar-refractivity contribution in [2.24, 2.45) is 0 Å². The molecule has 1 fully saturated rings. The highest BCUT2D eigenvalue weighted by atomic mass is 16.5. The molecule has 1 saturated heterocycles. The third kappa shape index (κ3) is 3.30. The lowest BCUT2D eigenvalue weighted by atomic mass is 9.97. The number of benzene rings is 1. The molecule has 2 atom stereocenters. The average Bonchev–Trinajstić information content (AvgIpc) is 2.83. The van der Waals surface area contributed by atoms with Crippen LogP contribution >= 0.6 is 0 Å². The van der Waals surface area contributed by atoms with Gasteiger partial charge in [0, 0.05) is 13.0 Å². The first-order valence-corrected chi connectivity index (χ1v) is 7.45. The minimum Gasteiger partial charge on any atom is -0.467 e. The van der Waals surface area contributed by atoms with Crippen LogP contribution in [-0.4, -0.2) is 47.7 Å². The monoisotopic (exact) mass is 305 g/mol. The van der Waals surface area contributed by atoms with Crippen molar-refractivity contribution < 1.29 is 19.4 Å². The summed E-state index contributed by atoms with van der Waals surface area (Å²) in [4.78, 5) is 25.8. The van der Waals surface area contributed by atoms with E-state index in [4.69, 9.17) is 4.74 Å². The number of hydrogen-bond acceptors (Lipinski definition) is 4. The zero-order valence-electron chi connectivity index (χ0n) is 13.5. The molecule has 1 aliphatic heterocycles. The summed E-state index contributed by atoms with van der Waals surface area (Å²) in [6.07, 6.45) is -0.198. The first-order valence-electron chi connectivity index (χ1n) is 7.45. The summed E-state index contributed by atoms with van der Waals surface area (Å²) in [7, 11) is 1.30. The summed E-state index contributed by atoms with van der Waals surface area (Å²) in [5.41, 5.74) is 4.29. The molecule has 5 nitrogen and oxygen atoms in total. The van der Waals surface area contributed by atoms with Gasteiger partial charge in [0.1, 0.15) is 6.04 Å². The Hall–Kier alpha value is -1.88. The molecule has 0 aliphatic carbocycles. The Morgan fingerprint density at radius 1 is 1.27 bits per heavy atom. The van der Waals surface area contributed by atoms with Gasteiger partial charge in [0.15, 0.2) is 0 Å². The molecular weight excluding hydrogens is 282 g/mol. The first kappa shape index (κ1) is 16.5. The van der Waals surface area contributed by atoms with Gasteiger partial charge < -0.3 is 14.7 Å². The predicted octanol–water partition coefficient (Wildman–Crippen LogP) is 1.29. The van der Waals surface area contributed by atoms with Crippen LogP contribution in [0.5, 0.6) is 0 Å². The number of carbonyl (C=O) groups is 2. The second-order valence-corrected chi connectivity index (χ2v) is 6.03. The van der Waals surface area contributed by atoms with Crippen molar-refractivity contribution in [2.45, 2.75) is 45.8 Å². The molecule has 1 aromatic rings. The van der Waals surface area contributed by atoms with Crippen LogP contribution < -0.4 is 0 Å². The summed E-state index contributed by atoms with van der Waals surface area (Å²) in [6, 6.07) is 3.41. The largest absolute Gasteiger partial charge is 0.467 e. The smallest absolute Gasteiger partial charge is 0.328 e. The van der Waals surface area contributed by atoms with Crippen molar-refractivity contribution in [3.05, 3.63) is 34.4 Å². The minimum atomic E-state index is -0.682. The highest BCUT2D eigenvalue weighted by molar-refractivity contribution is 5.86. The maximum absolute atomic E-state index is 12.6. The Bertz CT molecular complexity index is 573. The normalized spacial score (nSPS) is 21.0. The number of aryl methyl sites for hydroxylation is 3. The maximum atomic E-state index is 12.6. The van der Waals surface area contributed by atoms with Crippen LogP contribution in [0, 0.1) is 20.8 Å². The van der Waals surface area contributed by atoms with E-state index in [1.165, 1.54) is 12.0 Å². The van der Waals surface area contributed by atoms with E-state index in [-0.39, 0.29) is 25.3 Å². The van der Waals surface area contributed by atoms with Gasteiger partial charge >= 0.3 is 5.97 Å². The number of hydrogen-bond donors (Lipinski definition) is 1. The molecule has 0 spiro atoms. The van der Waals surface area contributed by atoms with Crippen LogP contribution in [0.4, 0.5) is 0 Å². The predicted molar refractivity (Wildman–Crippen MR) is 82.5 cm³/mol. The summed E-state index contributed by atoms with van der Waals surface area (Å²) in [5, 5.41) is 9.77. The van der Waals surface area contributed by atoms with Crippen LogP contribution in [-0.2, 0) is 20.7 Å². The molecule has 1 N–H and O–H groups in total. The van der Waals surface area contributed by atoms with E-state index in [9.17, 15) is 14.7 Å². The fourth-order valence-electron chi connectivity index (χ4n) is 3.19. The summed E-state index contributed by atoms with van der Waals surface area (Å²) in [6.45, 7) is 6.18. The number of carbonyl (C=O) groups excluding carboxylic acids is 2. The van der Waals surface area contributed by atoms with Crippen LogP contribution in [0.2, 0.25) is 0 Å². The van der Waals surface area contributed by atoms with Crippen molar-refractivity contribution in [2.75, 3.05) is 13.7 Å². The Balaban J connectivity index is 2.20. The molecule has 1 aromatic carbocycles. The topological polar surface area (TPSA) is 66.8 Å². The molecule has 0 bridgehead atoms. The summed E-state index contributed by atoms with van der Waals surface area (Å²) >= 11 is 0. The van der Waals surface area contributed by atoms with Gasteiger partial charge in [-0.1, -0.05) is 17.7 Å². The highest BCUT2D eigenvalue weighted by Gasteiger charge is 2.39. The van der Waals surface area contributed by atoms with Crippen molar-refractivity contribution in [3.8, 4) is 0 Å². The quantitative estimate of drug-likeness (QED) is 0.855. The number of likely N-dealkylation sites (tertiary alicyclic amines) is 1. The van der Waals surface area contributed by atoms with Gasteiger partial charge in [-0.15, -0.1) is 0 Å².